The van der Waals surface area contributed by atoms with Crippen LogP contribution in [0.5, 0.6) is 0 Å². The average molecular weight is 427 g/mol. The van der Waals surface area contributed by atoms with Crippen molar-refractivity contribution in [3.05, 3.63) is 83.8 Å². The molecule has 1 unspecified atom stereocenters. The number of aromatic nitrogens is 5. The molecule has 4 aromatic rings. The molecular formula is C22H17N7OS. The van der Waals surface area contributed by atoms with Crippen LogP contribution in [0.2, 0.25) is 0 Å². The van der Waals surface area contributed by atoms with E-state index in [1.165, 1.54) is 11.8 Å². The van der Waals surface area contributed by atoms with Gasteiger partial charge >= 0.3 is 0 Å². The minimum atomic E-state index is -0.712. The molecule has 152 valence electrons. The van der Waals surface area contributed by atoms with Gasteiger partial charge in [-0.3, -0.25) is 14.3 Å². The van der Waals surface area contributed by atoms with Gasteiger partial charge in [0.25, 0.3) is 0 Å². The molecule has 1 atom stereocenters. The van der Waals surface area contributed by atoms with Crippen molar-refractivity contribution >= 4 is 17.7 Å². The molecule has 0 saturated carbocycles. The molecule has 8 nitrogen and oxygen atoms in total. The van der Waals surface area contributed by atoms with Crippen LogP contribution in [0.15, 0.2) is 72.3 Å². The van der Waals surface area contributed by atoms with Gasteiger partial charge < -0.3 is 5.73 Å². The number of amides is 1. The third kappa shape index (κ3) is 4.29. The van der Waals surface area contributed by atoms with Crippen LogP contribution in [0.25, 0.3) is 17.2 Å². The first-order chi connectivity index (χ1) is 15.1. The average Bonchev–Trinajstić information content (AvgIpc) is 3.22. The summed E-state index contributed by atoms with van der Waals surface area (Å²) in [6.07, 6.45) is 4.77. The number of aryl methyl sites for hydroxylation is 1. The van der Waals surface area contributed by atoms with Crippen LogP contribution >= 0.6 is 11.8 Å². The Balaban J connectivity index is 1.80. The van der Waals surface area contributed by atoms with Crippen molar-refractivity contribution in [2.24, 2.45) is 5.73 Å². The molecule has 0 aliphatic rings. The highest BCUT2D eigenvalue weighted by atomic mass is 32.2. The van der Waals surface area contributed by atoms with Crippen molar-refractivity contribution in [2.45, 2.75) is 17.3 Å². The van der Waals surface area contributed by atoms with Gasteiger partial charge in [0.1, 0.15) is 10.9 Å². The standard InChI is InChI=1S/C22H17N7OS/c1-14-2-8-17(9-3-14)29-21(18-13-25-10-11-26-18)27-28-22(29)31-19(20(24)30)16-6-4-15(12-23)5-7-16/h2-11,13,19H,1H3,(H2,24,30). The molecule has 0 aliphatic heterocycles. The summed E-state index contributed by atoms with van der Waals surface area (Å²) in [4.78, 5) is 20.7. The molecule has 2 N–H and O–H groups in total. The van der Waals surface area contributed by atoms with Crippen molar-refractivity contribution in [2.75, 3.05) is 0 Å². The molecule has 4 rings (SSSR count). The zero-order chi connectivity index (χ0) is 21.8. The summed E-state index contributed by atoms with van der Waals surface area (Å²) in [5, 5.41) is 17.4. The Labute approximate surface area is 182 Å². The van der Waals surface area contributed by atoms with E-state index in [2.05, 4.69) is 26.2 Å². The third-order valence-electron chi connectivity index (χ3n) is 4.54. The van der Waals surface area contributed by atoms with Crippen molar-refractivity contribution < 1.29 is 4.79 Å². The lowest BCUT2D eigenvalue weighted by Gasteiger charge is -2.15. The molecule has 0 aliphatic carbocycles. The normalized spacial score (nSPS) is 11.6. The minimum absolute atomic E-state index is 0.484. The fourth-order valence-corrected chi connectivity index (χ4v) is 3.99. The Morgan fingerprint density at radius 3 is 2.45 bits per heavy atom. The fourth-order valence-electron chi connectivity index (χ4n) is 2.98. The highest BCUT2D eigenvalue weighted by molar-refractivity contribution is 8.00. The predicted molar refractivity (Wildman–Crippen MR) is 116 cm³/mol. The van der Waals surface area contributed by atoms with E-state index in [1.807, 2.05) is 35.8 Å². The Kier molecular flexibility index (Phi) is 5.73. The van der Waals surface area contributed by atoms with Gasteiger partial charge in [-0.1, -0.05) is 41.6 Å². The molecule has 0 saturated heterocycles. The number of hydrogen-bond acceptors (Lipinski definition) is 7. The van der Waals surface area contributed by atoms with Crippen LogP contribution in [-0.4, -0.2) is 30.6 Å². The highest BCUT2D eigenvalue weighted by Gasteiger charge is 2.25. The van der Waals surface area contributed by atoms with Crippen molar-refractivity contribution in [1.82, 2.24) is 24.7 Å². The Morgan fingerprint density at radius 1 is 1.10 bits per heavy atom. The van der Waals surface area contributed by atoms with E-state index in [0.29, 0.717) is 27.8 Å². The summed E-state index contributed by atoms with van der Waals surface area (Å²) in [6.45, 7) is 2.00. The first kappa shape index (κ1) is 20.3. The molecule has 2 aromatic carbocycles. The van der Waals surface area contributed by atoms with E-state index < -0.39 is 11.2 Å². The molecule has 1 amide bonds. The zero-order valence-electron chi connectivity index (χ0n) is 16.5. The molecule has 0 radical (unpaired) electrons. The number of carbonyl (C=O) groups is 1. The molecule has 2 aromatic heterocycles. The number of hydrogen-bond donors (Lipinski definition) is 1. The topological polar surface area (TPSA) is 123 Å². The van der Waals surface area contributed by atoms with E-state index >= 15 is 0 Å². The second kappa shape index (κ2) is 8.77. The summed E-state index contributed by atoms with van der Waals surface area (Å²) >= 11 is 1.19. The monoisotopic (exact) mass is 427 g/mol. The molecular weight excluding hydrogens is 410 g/mol. The van der Waals surface area contributed by atoms with Gasteiger partial charge in [-0.15, -0.1) is 10.2 Å². The zero-order valence-corrected chi connectivity index (χ0v) is 17.3. The number of carbonyl (C=O) groups excluding carboxylic acids is 1. The van der Waals surface area contributed by atoms with Gasteiger partial charge in [-0.2, -0.15) is 5.26 Å². The molecule has 2 heterocycles. The quantitative estimate of drug-likeness (QED) is 0.469. The highest BCUT2D eigenvalue weighted by Crippen LogP contribution is 2.37. The van der Waals surface area contributed by atoms with Crippen LogP contribution in [0, 0.1) is 18.3 Å². The first-order valence-corrected chi connectivity index (χ1v) is 10.2. The van der Waals surface area contributed by atoms with E-state index in [4.69, 9.17) is 11.0 Å². The lowest BCUT2D eigenvalue weighted by atomic mass is 10.1. The number of nitrogens with zero attached hydrogens (tertiary/aromatic N) is 6. The third-order valence-corrected chi connectivity index (χ3v) is 5.76. The van der Waals surface area contributed by atoms with Crippen LogP contribution in [0.1, 0.15) is 21.9 Å². The maximum atomic E-state index is 12.3. The van der Waals surface area contributed by atoms with E-state index in [-0.39, 0.29) is 0 Å². The van der Waals surface area contributed by atoms with Crippen molar-refractivity contribution in [1.29, 1.82) is 5.26 Å². The largest absolute Gasteiger partial charge is 0.368 e. The second-order valence-electron chi connectivity index (χ2n) is 6.70. The maximum Gasteiger partial charge on any atom is 0.235 e. The van der Waals surface area contributed by atoms with Crippen LogP contribution < -0.4 is 5.73 Å². The Hall–Kier alpha value is -4.03. The van der Waals surface area contributed by atoms with Gasteiger partial charge in [-0.25, -0.2) is 4.98 Å². The lowest BCUT2D eigenvalue weighted by molar-refractivity contribution is -0.117. The summed E-state index contributed by atoms with van der Waals surface area (Å²) in [6, 6.07) is 16.7. The number of nitrogens with two attached hydrogens (primary N) is 1. The number of benzene rings is 2. The maximum absolute atomic E-state index is 12.3. The number of rotatable bonds is 6. The van der Waals surface area contributed by atoms with E-state index in [9.17, 15) is 4.79 Å². The minimum Gasteiger partial charge on any atom is -0.368 e. The molecule has 9 heteroatoms. The number of primary amides is 1. The summed E-state index contributed by atoms with van der Waals surface area (Å²) in [5.74, 6) is -0.0169. The molecule has 0 bridgehead atoms. The molecule has 0 fully saturated rings. The molecule has 0 spiro atoms. The first-order valence-electron chi connectivity index (χ1n) is 9.31. The van der Waals surface area contributed by atoms with Gasteiger partial charge in [0.15, 0.2) is 11.0 Å². The lowest BCUT2D eigenvalue weighted by Crippen LogP contribution is -2.19. The van der Waals surface area contributed by atoms with Gasteiger partial charge in [0.05, 0.1) is 17.8 Å². The second-order valence-corrected chi connectivity index (χ2v) is 7.77. The Bertz CT molecular complexity index is 1250. The van der Waals surface area contributed by atoms with Crippen molar-refractivity contribution in [3.63, 3.8) is 0 Å². The Morgan fingerprint density at radius 2 is 1.84 bits per heavy atom. The van der Waals surface area contributed by atoms with Crippen LogP contribution in [0.4, 0.5) is 0 Å². The van der Waals surface area contributed by atoms with Gasteiger partial charge in [0.2, 0.25) is 5.91 Å². The number of nitriles is 1. The van der Waals surface area contributed by atoms with Gasteiger partial charge in [0, 0.05) is 18.1 Å². The fraction of sp³-hybridized carbons (Fsp3) is 0.0909. The van der Waals surface area contributed by atoms with Crippen LogP contribution in [0.3, 0.4) is 0 Å². The molecule has 31 heavy (non-hydrogen) atoms. The smallest absolute Gasteiger partial charge is 0.235 e. The van der Waals surface area contributed by atoms with Gasteiger partial charge in [-0.05, 0) is 36.8 Å². The summed E-state index contributed by atoms with van der Waals surface area (Å²) in [7, 11) is 0. The SMILES string of the molecule is Cc1ccc(-n2c(SC(C(N)=O)c3ccc(C#N)cc3)nnc2-c2cnccn2)cc1. The summed E-state index contributed by atoms with van der Waals surface area (Å²) < 4.78 is 1.83. The summed E-state index contributed by atoms with van der Waals surface area (Å²) in [5.41, 5.74) is 9.37. The van der Waals surface area contributed by atoms with E-state index in [0.717, 1.165) is 11.3 Å². The van der Waals surface area contributed by atoms with Crippen molar-refractivity contribution in [3.8, 4) is 23.3 Å². The number of thioether (sulfide) groups is 1. The van der Waals surface area contributed by atoms with Crippen LogP contribution in [-0.2, 0) is 4.79 Å². The predicted octanol–water partition coefficient (Wildman–Crippen LogP) is 3.22. The van der Waals surface area contributed by atoms with E-state index in [1.54, 1.807) is 42.9 Å².